The van der Waals surface area contributed by atoms with Crippen molar-refractivity contribution in [3.63, 3.8) is 0 Å². The van der Waals surface area contributed by atoms with E-state index in [9.17, 15) is 30.3 Å². The summed E-state index contributed by atoms with van der Waals surface area (Å²) in [7, 11) is 0. The number of carbonyl (C=O) groups is 1. The summed E-state index contributed by atoms with van der Waals surface area (Å²) in [6.45, 7) is 3.72. The van der Waals surface area contributed by atoms with Gasteiger partial charge in [0, 0.05) is 6.42 Å². The summed E-state index contributed by atoms with van der Waals surface area (Å²) in [6.07, 6.45) is 74.0. The van der Waals surface area contributed by atoms with Gasteiger partial charge in [-0.05, 0) is 83.5 Å². The summed E-state index contributed by atoms with van der Waals surface area (Å²) in [5.41, 5.74) is 0. The highest BCUT2D eigenvalue weighted by Gasteiger charge is 2.44. The van der Waals surface area contributed by atoms with E-state index >= 15 is 0 Å². The molecular formula is C67H115NO8. The van der Waals surface area contributed by atoms with Crippen LogP contribution < -0.4 is 5.32 Å². The normalized spacial score (nSPS) is 19.6. The Morgan fingerprint density at radius 3 is 1.21 bits per heavy atom. The van der Waals surface area contributed by atoms with Crippen LogP contribution in [-0.4, -0.2) is 87.5 Å². The molecule has 1 fully saturated rings. The highest BCUT2D eigenvalue weighted by Crippen LogP contribution is 2.23. The Morgan fingerprint density at radius 2 is 0.816 bits per heavy atom. The first-order chi connectivity index (χ1) is 37.3. The standard InChI is InChI=1S/C67H115NO8/c1-3-5-7-9-11-13-15-17-19-21-23-25-26-27-28-29-30-31-32-33-34-35-36-37-39-41-43-45-47-49-51-53-55-57-63(71)68-60(59-75-67-66(74)65(73)64(72)62(58-69)76-67)61(70)56-54-52-50-48-46-44-42-40-38-24-22-20-18-16-14-12-10-8-6-4-2/h5,7,11,13,17,19,23,25,27-28,30-31,33-34,36-37,41,43,60-62,64-67,69-70,72-74H,3-4,6,8-10,12,14-16,18,20-22,24,26,29,32,35,38-40,42,44-59H2,1-2H3,(H,68,71)/b7-5-,13-11-,19-17-,25-23-,28-27-,31-30-,34-33-,37-36-,43-41-. The molecule has 9 nitrogen and oxygen atoms in total. The molecule has 7 atom stereocenters. The van der Waals surface area contributed by atoms with E-state index in [-0.39, 0.29) is 12.5 Å². The molecule has 7 unspecified atom stereocenters. The Bertz CT molecular complexity index is 1560. The number of carbonyl (C=O) groups excluding carboxylic acids is 1. The summed E-state index contributed by atoms with van der Waals surface area (Å²) in [5.74, 6) is -0.165. The van der Waals surface area contributed by atoms with Crippen molar-refractivity contribution in [3.05, 3.63) is 109 Å². The molecule has 0 aromatic heterocycles. The quantitative estimate of drug-likeness (QED) is 0.0261. The number of rotatable bonds is 52. The molecule has 0 aromatic carbocycles. The second kappa shape index (κ2) is 55.2. The average molecular weight is 1060 g/mol. The van der Waals surface area contributed by atoms with Crippen LogP contribution in [0, 0.1) is 0 Å². The molecular weight excluding hydrogens is 947 g/mol. The molecule has 1 saturated heterocycles. The summed E-state index contributed by atoms with van der Waals surface area (Å²) in [5, 5.41) is 54.8. The first-order valence-electron chi connectivity index (χ1n) is 31.1. The zero-order valence-corrected chi connectivity index (χ0v) is 48.5. The number of ether oxygens (including phenoxy) is 2. The van der Waals surface area contributed by atoms with Gasteiger partial charge in [-0.2, -0.15) is 0 Å². The van der Waals surface area contributed by atoms with Crippen LogP contribution in [0.2, 0.25) is 0 Å². The molecule has 436 valence electrons. The Hall–Kier alpha value is -3.15. The van der Waals surface area contributed by atoms with Gasteiger partial charge in [-0.25, -0.2) is 0 Å². The fraction of sp³-hybridized carbons (Fsp3) is 0.716. The van der Waals surface area contributed by atoms with Crippen molar-refractivity contribution in [2.24, 2.45) is 0 Å². The molecule has 1 aliphatic heterocycles. The zero-order chi connectivity index (χ0) is 55.0. The molecule has 9 heteroatoms. The van der Waals surface area contributed by atoms with Gasteiger partial charge < -0.3 is 40.3 Å². The Morgan fingerprint density at radius 1 is 0.461 bits per heavy atom. The third-order valence-electron chi connectivity index (χ3n) is 14.1. The molecule has 1 heterocycles. The third-order valence-corrected chi connectivity index (χ3v) is 14.1. The predicted molar refractivity (Wildman–Crippen MR) is 322 cm³/mol. The van der Waals surface area contributed by atoms with E-state index in [2.05, 4.69) is 129 Å². The second-order valence-corrected chi connectivity index (χ2v) is 21.1. The van der Waals surface area contributed by atoms with E-state index in [1.807, 2.05) is 0 Å². The van der Waals surface area contributed by atoms with Crippen molar-refractivity contribution >= 4 is 5.91 Å². The fourth-order valence-corrected chi connectivity index (χ4v) is 9.27. The van der Waals surface area contributed by atoms with Gasteiger partial charge in [-0.15, -0.1) is 0 Å². The van der Waals surface area contributed by atoms with Crippen LogP contribution in [0.3, 0.4) is 0 Å². The highest BCUT2D eigenvalue weighted by molar-refractivity contribution is 5.76. The van der Waals surface area contributed by atoms with Gasteiger partial charge in [0.15, 0.2) is 6.29 Å². The number of aliphatic hydroxyl groups excluding tert-OH is 5. The predicted octanol–water partition coefficient (Wildman–Crippen LogP) is 16.1. The van der Waals surface area contributed by atoms with Crippen molar-refractivity contribution in [2.45, 2.75) is 294 Å². The van der Waals surface area contributed by atoms with Crippen molar-refractivity contribution in [1.29, 1.82) is 0 Å². The van der Waals surface area contributed by atoms with Gasteiger partial charge in [0.1, 0.15) is 24.4 Å². The topological polar surface area (TPSA) is 149 Å². The molecule has 1 amide bonds. The number of aliphatic hydroxyl groups is 5. The maximum absolute atomic E-state index is 13.1. The van der Waals surface area contributed by atoms with Crippen LogP contribution in [0.1, 0.15) is 251 Å². The van der Waals surface area contributed by atoms with Gasteiger partial charge in [0.2, 0.25) is 5.91 Å². The van der Waals surface area contributed by atoms with Crippen LogP contribution in [0.4, 0.5) is 0 Å². The lowest BCUT2D eigenvalue weighted by Crippen LogP contribution is -2.60. The average Bonchev–Trinajstić information content (AvgIpc) is 3.42. The molecule has 0 radical (unpaired) electrons. The van der Waals surface area contributed by atoms with E-state index in [1.165, 1.54) is 109 Å². The molecule has 1 aliphatic rings. The molecule has 1 rings (SSSR count). The maximum Gasteiger partial charge on any atom is 0.220 e. The summed E-state index contributed by atoms with van der Waals surface area (Å²) < 4.78 is 11.3. The van der Waals surface area contributed by atoms with E-state index in [0.717, 1.165) is 116 Å². The lowest BCUT2D eigenvalue weighted by atomic mass is 9.99. The van der Waals surface area contributed by atoms with Crippen LogP contribution in [0.25, 0.3) is 0 Å². The lowest BCUT2D eigenvalue weighted by molar-refractivity contribution is -0.302. The van der Waals surface area contributed by atoms with Crippen molar-refractivity contribution in [2.75, 3.05) is 13.2 Å². The number of hydrogen-bond acceptors (Lipinski definition) is 8. The fourth-order valence-electron chi connectivity index (χ4n) is 9.27. The minimum atomic E-state index is -1.56. The first kappa shape index (κ1) is 70.9. The van der Waals surface area contributed by atoms with Gasteiger partial charge in [-0.1, -0.05) is 271 Å². The van der Waals surface area contributed by atoms with Crippen molar-refractivity contribution in [3.8, 4) is 0 Å². The minimum Gasteiger partial charge on any atom is -0.394 e. The van der Waals surface area contributed by atoms with Crippen LogP contribution in [-0.2, 0) is 14.3 Å². The van der Waals surface area contributed by atoms with E-state index < -0.39 is 49.5 Å². The molecule has 76 heavy (non-hydrogen) atoms. The number of unbranched alkanes of at least 4 members (excludes halogenated alkanes) is 24. The zero-order valence-electron chi connectivity index (χ0n) is 48.5. The van der Waals surface area contributed by atoms with Crippen LogP contribution in [0.5, 0.6) is 0 Å². The van der Waals surface area contributed by atoms with Gasteiger partial charge in [0.25, 0.3) is 0 Å². The van der Waals surface area contributed by atoms with Crippen LogP contribution >= 0.6 is 0 Å². The van der Waals surface area contributed by atoms with E-state index in [0.29, 0.717) is 12.8 Å². The van der Waals surface area contributed by atoms with Crippen molar-refractivity contribution in [1.82, 2.24) is 5.32 Å². The molecule has 0 aliphatic carbocycles. The van der Waals surface area contributed by atoms with Crippen LogP contribution in [0.15, 0.2) is 109 Å². The van der Waals surface area contributed by atoms with E-state index in [1.54, 1.807) is 0 Å². The van der Waals surface area contributed by atoms with Gasteiger partial charge in [-0.3, -0.25) is 4.79 Å². The number of allylic oxidation sites excluding steroid dienone is 18. The van der Waals surface area contributed by atoms with Gasteiger partial charge in [0.05, 0.1) is 25.4 Å². The largest absolute Gasteiger partial charge is 0.394 e. The first-order valence-corrected chi connectivity index (χ1v) is 31.1. The highest BCUT2D eigenvalue weighted by atomic mass is 16.7. The molecule has 0 saturated carbocycles. The minimum absolute atomic E-state index is 0.152. The monoisotopic (exact) mass is 1060 g/mol. The molecule has 0 bridgehead atoms. The Balaban J connectivity index is 2.22. The Labute approximate surface area is 466 Å². The SMILES string of the molecule is CC/C=C\C/C=C\C/C=C\C/C=C\C/C=C\C/C=C\C/C=C\C/C=C\C/C=C\CCCCCCCC(=O)NC(COC1OC(CO)C(O)C(O)C1O)C(O)CCCCCCCCCCCCCCCCCCCCCC. The van der Waals surface area contributed by atoms with E-state index in [4.69, 9.17) is 9.47 Å². The molecule has 0 spiro atoms. The molecule has 6 N–H and O–H groups in total. The smallest absolute Gasteiger partial charge is 0.220 e. The summed E-state index contributed by atoms with van der Waals surface area (Å²) in [4.78, 5) is 13.1. The number of hydrogen-bond donors (Lipinski definition) is 6. The Kier molecular flexibility index (Phi) is 51.4. The van der Waals surface area contributed by atoms with Gasteiger partial charge >= 0.3 is 0 Å². The summed E-state index contributed by atoms with van der Waals surface area (Å²) >= 11 is 0. The second-order valence-electron chi connectivity index (χ2n) is 21.1. The third kappa shape index (κ3) is 43.8. The molecule has 0 aromatic rings. The maximum atomic E-state index is 13.1. The lowest BCUT2D eigenvalue weighted by Gasteiger charge is -2.40. The van der Waals surface area contributed by atoms with Crippen molar-refractivity contribution < 1.29 is 39.8 Å². The summed E-state index contributed by atoms with van der Waals surface area (Å²) in [6, 6.07) is -0.739. The number of nitrogens with one attached hydrogen (secondary N) is 1. The number of amides is 1.